The van der Waals surface area contributed by atoms with Gasteiger partial charge < -0.3 is 4.42 Å². The Morgan fingerprint density at radius 3 is 1.88 bits per heavy atom. The Labute approximate surface area is 136 Å². The molecule has 3 rings (SSSR count). The highest BCUT2D eigenvalue weighted by atomic mass is 19.4. The Kier molecular flexibility index (Phi) is 3.85. The van der Waals surface area contributed by atoms with Gasteiger partial charge in [-0.05, 0) is 30.3 Å². The molecule has 0 amide bonds. The topological polar surface area (TPSA) is 30.2 Å². The zero-order valence-corrected chi connectivity index (χ0v) is 12.2. The fourth-order valence-electron chi connectivity index (χ4n) is 2.34. The van der Waals surface area contributed by atoms with E-state index in [1.807, 2.05) is 0 Å². The van der Waals surface area contributed by atoms with Crippen LogP contribution in [0, 0.1) is 0 Å². The van der Waals surface area contributed by atoms with E-state index in [2.05, 4.69) is 0 Å². The van der Waals surface area contributed by atoms with Crippen molar-refractivity contribution in [1.29, 1.82) is 0 Å². The normalized spacial score (nSPS) is 12.6. The van der Waals surface area contributed by atoms with Crippen LogP contribution >= 0.6 is 0 Å². The number of benzene rings is 2. The second-order valence-corrected chi connectivity index (χ2v) is 5.27. The molecule has 3 aromatic rings. The van der Waals surface area contributed by atoms with E-state index in [0.717, 1.165) is 6.07 Å². The van der Waals surface area contributed by atoms with Gasteiger partial charge in [0, 0.05) is 11.6 Å². The number of hydrogen-bond acceptors (Lipinski definition) is 2. The highest BCUT2D eigenvalue weighted by Gasteiger charge is 2.37. The van der Waals surface area contributed by atoms with Crippen molar-refractivity contribution in [3.8, 4) is 11.3 Å². The smallest absolute Gasteiger partial charge is 0.416 e. The summed E-state index contributed by atoms with van der Waals surface area (Å²) < 4.78 is 82.9. The zero-order valence-electron chi connectivity index (χ0n) is 12.2. The van der Waals surface area contributed by atoms with Crippen LogP contribution in [0.25, 0.3) is 22.3 Å². The fourth-order valence-corrected chi connectivity index (χ4v) is 2.34. The monoisotopic (exact) mass is 358 g/mol. The Bertz CT molecular complexity index is 966. The lowest BCUT2D eigenvalue weighted by Crippen LogP contribution is -2.11. The molecule has 0 aliphatic rings. The minimum atomic E-state index is -4.98. The highest BCUT2D eigenvalue weighted by Crippen LogP contribution is 2.38. The molecule has 0 unspecified atom stereocenters. The summed E-state index contributed by atoms with van der Waals surface area (Å²) in [5, 5.41) is 0.175. The summed E-state index contributed by atoms with van der Waals surface area (Å²) in [5.74, 6) is -0.375. The molecule has 0 bridgehead atoms. The van der Waals surface area contributed by atoms with Crippen molar-refractivity contribution < 1.29 is 30.8 Å². The molecular formula is C17H8F6O2. The summed E-state index contributed by atoms with van der Waals surface area (Å²) in [6, 6.07) is 7.86. The third-order valence-electron chi connectivity index (χ3n) is 3.51. The number of para-hydroxylation sites is 1. The van der Waals surface area contributed by atoms with E-state index in [9.17, 15) is 31.1 Å². The average molecular weight is 358 g/mol. The van der Waals surface area contributed by atoms with E-state index in [0.29, 0.717) is 12.1 Å². The van der Waals surface area contributed by atoms with Crippen LogP contribution in [-0.4, -0.2) is 0 Å². The minimum Gasteiger partial charge on any atom is -0.456 e. The van der Waals surface area contributed by atoms with Gasteiger partial charge in [-0.15, -0.1) is 0 Å². The summed E-state index contributed by atoms with van der Waals surface area (Å²) in [7, 11) is 0. The van der Waals surface area contributed by atoms with Crippen LogP contribution in [0.15, 0.2) is 57.7 Å². The van der Waals surface area contributed by atoms with Crippen molar-refractivity contribution in [3.63, 3.8) is 0 Å². The van der Waals surface area contributed by atoms with E-state index in [4.69, 9.17) is 4.42 Å². The Balaban J connectivity index is 2.28. The molecule has 1 aromatic heterocycles. The summed E-state index contributed by atoms with van der Waals surface area (Å²) in [6.07, 6.45) is -9.96. The highest BCUT2D eigenvalue weighted by molar-refractivity contribution is 5.78. The molecule has 2 nitrogen and oxygen atoms in total. The molecule has 25 heavy (non-hydrogen) atoms. The SMILES string of the molecule is O=c1cc(-c2cc(C(F)(F)F)cc(C(F)(F)F)c2)oc2ccccc12. The first-order valence-electron chi connectivity index (χ1n) is 6.88. The number of hydrogen-bond donors (Lipinski definition) is 0. The summed E-state index contributed by atoms with van der Waals surface area (Å²) in [4.78, 5) is 12.0. The second-order valence-electron chi connectivity index (χ2n) is 5.27. The molecule has 0 fully saturated rings. The second kappa shape index (κ2) is 5.65. The first-order valence-corrected chi connectivity index (χ1v) is 6.88. The number of fused-ring (bicyclic) bond motifs is 1. The molecule has 0 aliphatic heterocycles. The van der Waals surface area contributed by atoms with Gasteiger partial charge in [-0.2, -0.15) is 26.3 Å². The molecule has 0 N–H and O–H groups in total. The minimum absolute atomic E-state index is 0.0165. The van der Waals surface area contributed by atoms with E-state index in [1.54, 1.807) is 6.07 Å². The number of halogens is 6. The lowest BCUT2D eigenvalue weighted by atomic mass is 10.0. The number of alkyl halides is 6. The van der Waals surface area contributed by atoms with Gasteiger partial charge in [0.05, 0.1) is 16.5 Å². The summed E-state index contributed by atoms with van der Waals surface area (Å²) in [5.41, 5.74) is -3.94. The van der Waals surface area contributed by atoms with Crippen LogP contribution in [-0.2, 0) is 12.4 Å². The van der Waals surface area contributed by atoms with Gasteiger partial charge in [0.1, 0.15) is 11.3 Å². The van der Waals surface area contributed by atoms with Gasteiger partial charge in [-0.3, -0.25) is 4.79 Å². The van der Waals surface area contributed by atoms with E-state index in [-0.39, 0.29) is 22.8 Å². The molecule has 8 heteroatoms. The molecule has 130 valence electrons. The van der Waals surface area contributed by atoms with Crippen molar-refractivity contribution in [1.82, 2.24) is 0 Å². The fraction of sp³-hybridized carbons (Fsp3) is 0.118. The van der Waals surface area contributed by atoms with E-state index in [1.165, 1.54) is 18.2 Å². The van der Waals surface area contributed by atoms with Crippen molar-refractivity contribution >= 4 is 11.0 Å². The van der Waals surface area contributed by atoms with Gasteiger partial charge in [-0.1, -0.05) is 12.1 Å². The molecule has 0 atom stereocenters. The molecule has 0 spiro atoms. The standard InChI is InChI=1S/C17H8F6O2/c18-16(19,20)10-5-9(6-11(7-10)17(21,22)23)15-8-13(24)12-3-1-2-4-14(12)25-15/h1-8H. The van der Waals surface area contributed by atoms with Gasteiger partial charge in [0.2, 0.25) is 0 Å². The number of rotatable bonds is 1. The summed E-state index contributed by atoms with van der Waals surface area (Å²) >= 11 is 0. The average Bonchev–Trinajstić information content (AvgIpc) is 2.53. The van der Waals surface area contributed by atoms with Gasteiger partial charge >= 0.3 is 12.4 Å². The van der Waals surface area contributed by atoms with Crippen molar-refractivity contribution in [2.24, 2.45) is 0 Å². The molecule has 2 aromatic carbocycles. The van der Waals surface area contributed by atoms with Crippen molar-refractivity contribution in [3.05, 3.63) is 69.9 Å². The van der Waals surface area contributed by atoms with Crippen LogP contribution < -0.4 is 5.43 Å². The van der Waals surface area contributed by atoms with E-state index >= 15 is 0 Å². The maximum atomic E-state index is 12.9. The Morgan fingerprint density at radius 1 is 0.760 bits per heavy atom. The van der Waals surface area contributed by atoms with Crippen molar-refractivity contribution in [2.75, 3.05) is 0 Å². The first-order chi connectivity index (χ1) is 11.6. The van der Waals surface area contributed by atoms with Crippen LogP contribution in [0.2, 0.25) is 0 Å². The Hall–Kier alpha value is -2.77. The van der Waals surface area contributed by atoms with Gasteiger partial charge in [0.15, 0.2) is 5.43 Å². The molecule has 0 radical (unpaired) electrons. The Morgan fingerprint density at radius 2 is 1.32 bits per heavy atom. The van der Waals surface area contributed by atoms with Crippen LogP contribution in [0.1, 0.15) is 11.1 Å². The predicted octanol–water partition coefficient (Wildman–Crippen LogP) is 5.50. The summed E-state index contributed by atoms with van der Waals surface area (Å²) in [6.45, 7) is 0. The van der Waals surface area contributed by atoms with Crippen LogP contribution in [0.3, 0.4) is 0 Å². The quantitative estimate of drug-likeness (QED) is 0.538. The predicted molar refractivity (Wildman–Crippen MR) is 77.9 cm³/mol. The molecule has 0 aliphatic carbocycles. The first kappa shape index (κ1) is 17.1. The van der Waals surface area contributed by atoms with Gasteiger partial charge in [-0.25, -0.2) is 0 Å². The lowest BCUT2D eigenvalue weighted by Gasteiger charge is -2.14. The van der Waals surface area contributed by atoms with Crippen LogP contribution in [0.5, 0.6) is 0 Å². The molecule has 0 saturated heterocycles. The van der Waals surface area contributed by atoms with Crippen LogP contribution in [0.4, 0.5) is 26.3 Å². The van der Waals surface area contributed by atoms with Gasteiger partial charge in [0.25, 0.3) is 0 Å². The molecule has 1 heterocycles. The third kappa shape index (κ3) is 3.38. The van der Waals surface area contributed by atoms with E-state index < -0.39 is 34.5 Å². The van der Waals surface area contributed by atoms with Crippen molar-refractivity contribution in [2.45, 2.75) is 12.4 Å². The maximum absolute atomic E-state index is 12.9. The lowest BCUT2D eigenvalue weighted by molar-refractivity contribution is -0.143. The molecular weight excluding hydrogens is 350 g/mol. The zero-order chi connectivity index (χ0) is 18.4. The maximum Gasteiger partial charge on any atom is 0.416 e. The third-order valence-corrected chi connectivity index (χ3v) is 3.51. The largest absolute Gasteiger partial charge is 0.456 e. The molecule has 0 saturated carbocycles.